The number of aliphatic hydroxyl groups excluding tert-OH is 2. The normalized spacial score (nSPS) is 12.3. The summed E-state index contributed by atoms with van der Waals surface area (Å²) in [5.74, 6) is 0. The number of anilines is 1. The lowest BCUT2D eigenvalue weighted by Gasteiger charge is -2.12. The molecule has 1 aromatic carbocycles. The second-order valence-electron chi connectivity index (χ2n) is 4.67. The van der Waals surface area contributed by atoms with Gasteiger partial charge in [-0.2, -0.15) is 0 Å². The molecule has 3 N–H and O–H groups in total. The third-order valence-electron chi connectivity index (χ3n) is 3.00. The summed E-state index contributed by atoms with van der Waals surface area (Å²) in [5.41, 5.74) is 2.58. The van der Waals surface area contributed by atoms with Crippen LogP contribution in [0.3, 0.4) is 0 Å². The van der Waals surface area contributed by atoms with Gasteiger partial charge in [-0.25, -0.2) is 0 Å². The molecule has 0 amide bonds. The minimum absolute atomic E-state index is 0.148. The van der Waals surface area contributed by atoms with Crippen LogP contribution in [0.5, 0.6) is 0 Å². The van der Waals surface area contributed by atoms with Crippen molar-refractivity contribution in [2.75, 3.05) is 11.9 Å². The number of hydrogen-bond acceptors (Lipinski definition) is 5. The first kappa shape index (κ1) is 14.5. The quantitative estimate of drug-likeness (QED) is 0.710. The lowest BCUT2D eigenvalue weighted by Crippen LogP contribution is -2.04. The highest BCUT2D eigenvalue weighted by Crippen LogP contribution is 2.22. The monoisotopic (exact) mass is 276 g/mol. The minimum Gasteiger partial charge on any atom is -0.396 e. The molecule has 1 unspecified atom stereocenters. The van der Waals surface area contributed by atoms with E-state index in [1.165, 1.54) is 0 Å². The van der Waals surface area contributed by atoms with E-state index in [0.29, 0.717) is 19.5 Å². The molecule has 0 bridgehead atoms. The van der Waals surface area contributed by atoms with E-state index in [9.17, 15) is 5.11 Å². The highest BCUT2D eigenvalue weighted by Gasteiger charge is 2.07. The molecule has 0 fully saturated rings. The van der Waals surface area contributed by atoms with Gasteiger partial charge in [-0.3, -0.25) is 4.68 Å². The van der Waals surface area contributed by atoms with Gasteiger partial charge in [-0.05, 0) is 19.4 Å². The van der Waals surface area contributed by atoms with Crippen LogP contribution in [0.15, 0.2) is 30.5 Å². The standard InChI is InChI=1S/C14H20N4O2/c1-11(20)13-5-2-3-6-14(13)15-9-12-10-18(17-16-12)7-4-8-19/h2-3,5-6,10-11,15,19-20H,4,7-9H2,1H3. The number of hydrogen-bond donors (Lipinski definition) is 3. The van der Waals surface area contributed by atoms with E-state index in [4.69, 9.17) is 5.11 Å². The van der Waals surface area contributed by atoms with E-state index < -0.39 is 6.10 Å². The Labute approximate surface area is 118 Å². The molecule has 1 atom stereocenters. The number of benzene rings is 1. The highest BCUT2D eigenvalue weighted by molar-refractivity contribution is 5.52. The smallest absolute Gasteiger partial charge is 0.102 e. The second kappa shape index (κ2) is 7.02. The number of aryl methyl sites for hydroxylation is 1. The fraction of sp³-hybridized carbons (Fsp3) is 0.429. The molecule has 0 spiro atoms. The third kappa shape index (κ3) is 3.79. The summed E-state index contributed by atoms with van der Waals surface area (Å²) >= 11 is 0. The van der Waals surface area contributed by atoms with Crippen LogP contribution in [0.25, 0.3) is 0 Å². The van der Waals surface area contributed by atoms with Crippen LogP contribution in [-0.4, -0.2) is 31.8 Å². The van der Waals surface area contributed by atoms with Gasteiger partial charge >= 0.3 is 0 Å². The van der Waals surface area contributed by atoms with Crippen LogP contribution in [0.1, 0.15) is 30.7 Å². The van der Waals surface area contributed by atoms with Gasteiger partial charge in [-0.15, -0.1) is 5.10 Å². The number of aromatic nitrogens is 3. The lowest BCUT2D eigenvalue weighted by atomic mass is 10.1. The van der Waals surface area contributed by atoms with Crippen molar-refractivity contribution in [3.63, 3.8) is 0 Å². The van der Waals surface area contributed by atoms with Crippen molar-refractivity contribution in [2.24, 2.45) is 0 Å². The SMILES string of the molecule is CC(O)c1ccccc1NCc1cn(CCCO)nn1. The zero-order valence-corrected chi connectivity index (χ0v) is 11.5. The van der Waals surface area contributed by atoms with Crippen LogP contribution in [0.4, 0.5) is 5.69 Å². The summed E-state index contributed by atoms with van der Waals surface area (Å²) in [7, 11) is 0. The first-order chi connectivity index (χ1) is 9.70. The molecule has 20 heavy (non-hydrogen) atoms. The van der Waals surface area contributed by atoms with Gasteiger partial charge in [0.2, 0.25) is 0 Å². The maximum absolute atomic E-state index is 9.71. The molecule has 0 saturated heterocycles. The number of nitrogens with one attached hydrogen (secondary N) is 1. The van der Waals surface area contributed by atoms with E-state index >= 15 is 0 Å². The van der Waals surface area contributed by atoms with Crippen molar-refractivity contribution >= 4 is 5.69 Å². The Balaban J connectivity index is 1.96. The second-order valence-corrected chi connectivity index (χ2v) is 4.67. The zero-order chi connectivity index (χ0) is 14.4. The summed E-state index contributed by atoms with van der Waals surface area (Å²) in [4.78, 5) is 0. The predicted molar refractivity (Wildman–Crippen MR) is 76.1 cm³/mol. The van der Waals surface area contributed by atoms with E-state index in [0.717, 1.165) is 16.9 Å². The van der Waals surface area contributed by atoms with Gasteiger partial charge in [-0.1, -0.05) is 23.4 Å². The van der Waals surface area contributed by atoms with Crippen LogP contribution in [-0.2, 0) is 13.1 Å². The van der Waals surface area contributed by atoms with Crippen molar-refractivity contribution in [3.05, 3.63) is 41.7 Å². The Morgan fingerprint density at radius 1 is 1.35 bits per heavy atom. The summed E-state index contributed by atoms with van der Waals surface area (Å²) < 4.78 is 1.72. The van der Waals surface area contributed by atoms with Crippen molar-refractivity contribution < 1.29 is 10.2 Å². The van der Waals surface area contributed by atoms with Crippen LogP contribution in [0, 0.1) is 0 Å². The average molecular weight is 276 g/mol. The fourth-order valence-corrected chi connectivity index (χ4v) is 1.97. The predicted octanol–water partition coefficient (Wildman–Crippen LogP) is 1.33. The maximum Gasteiger partial charge on any atom is 0.102 e. The Bertz CT molecular complexity index is 539. The largest absolute Gasteiger partial charge is 0.396 e. The molecule has 0 saturated carbocycles. The van der Waals surface area contributed by atoms with Crippen molar-refractivity contribution in [3.8, 4) is 0 Å². The molecule has 108 valence electrons. The molecule has 2 aromatic rings. The van der Waals surface area contributed by atoms with Gasteiger partial charge < -0.3 is 15.5 Å². The van der Waals surface area contributed by atoms with E-state index in [-0.39, 0.29) is 6.61 Å². The molecule has 2 rings (SSSR count). The minimum atomic E-state index is -0.515. The number of aliphatic hydroxyl groups is 2. The molecular weight excluding hydrogens is 256 g/mol. The van der Waals surface area contributed by atoms with Crippen molar-refractivity contribution in [1.82, 2.24) is 15.0 Å². The van der Waals surface area contributed by atoms with Crippen molar-refractivity contribution in [1.29, 1.82) is 0 Å². The molecule has 6 heteroatoms. The first-order valence-corrected chi connectivity index (χ1v) is 6.71. The molecule has 0 radical (unpaired) electrons. The number of nitrogens with zero attached hydrogens (tertiary/aromatic N) is 3. The average Bonchev–Trinajstić information content (AvgIpc) is 2.91. The Morgan fingerprint density at radius 3 is 2.90 bits per heavy atom. The molecule has 1 heterocycles. The van der Waals surface area contributed by atoms with Crippen LogP contribution in [0.2, 0.25) is 0 Å². The van der Waals surface area contributed by atoms with E-state index in [2.05, 4.69) is 15.6 Å². The topological polar surface area (TPSA) is 83.2 Å². The molecule has 0 aliphatic heterocycles. The molecular formula is C14H20N4O2. The van der Waals surface area contributed by atoms with Gasteiger partial charge in [0.25, 0.3) is 0 Å². The highest BCUT2D eigenvalue weighted by atomic mass is 16.3. The Hall–Kier alpha value is -1.92. The van der Waals surface area contributed by atoms with Crippen molar-refractivity contribution in [2.45, 2.75) is 32.5 Å². The molecule has 6 nitrogen and oxygen atoms in total. The van der Waals surface area contributed by atoms with Gasteiger partial charge in [0.05, 0.1) is 18.8 Å². The molecule has 1 aromatic heterocycles. The summed E-state index contributed by atoms with van der Waals surface area (Å²) in [5, 5.41) is 29.8. The maximum atomic E-state index is 9.71. The number of para-hydroxylation sites is 1. The number of rotatable bonds is 7. The Kier molecular flexibility index (Phi) is 5.09. The Morgan fingerprint density at radius 2 is 2.15 bits per heavy atom. The van der Waals surface area contributed by atoms with E-state index in [1.54, 1.807) is 11.6 Å². The summed E-state index contributed by atoms with van der Waals surface area (Å²) in [6.45, 7) is 3.09. The van der Waals surface area contributed by atoms with Crippen LogP contribution >= 0.6 is 0 Å². The van der Waals surface area contributed by atoms with Gasteiger partial charge in [0.15, 0.2) is 0 Å². The summed E-state index contributed by atoms with van der Waals surface area (Å²) in [6, 6.07) is 7.65. The van der Waals surface area contributed by atoms with Crippen LogP contribution < -0.4 is 5.32 Å². The first-order valence-electron chi connectivity index (χ1n) is 6.71. The fourth-order valence-electron chi connectivity index (χ4n) is 1.97. The summed E-state index contributed by atoms with van der Waals surface area (Å²) in [6.07, 6.45) is 2.01. The van der Waals surface area contributed by atoms with Gasteiger partial charge in [0.1, 0.15) is 5.69 Å². The zero-order valence-electron chi connectivity index (χ0n) is 11.5. The van der Waals surface area contributed by atoms with E-state index in [1.807, 2.05) is 30.5 Å². The molecule has 0 aliphatic carbocycles. The molecule has 0 aliphatic rings. The van der Waals surface area contributed by atoms with Gasteiger partial charge in [0, 0.05) is 24.4 Å². The lowest BCUT2D eigenvalue weighted by molar-refractivity contribution is 0.200. The third-order valence-corrected chi connectivity index (χ3v) is 3.00.